The van der Waals surface area contributed by atoms with Gasteiger partial charge in [-0.05, 0) is 24.7 Å². The molecule has 0 radical (unpaired) electrons. The fourth-order valence-corrected chi connectivity index (χ4v) is 3.74. The molecule has 120 valence electrons. The number of rotatable bonds is 13. The van der Waals surface area contributed by atoms with Crippen LogP contribution >= 0.6 is 11.8 Å². The van der Waals surface area contributed by atoms with Gasteiger partial charge in [0.15, 0.2) is 0 Å². The van der Waals surface area contributed by atoms with Crippen LogP contribution in [0.4, 0.5) is 0 Å². The van der Waals surface area contributed by atoms with E-state index in [4.69, 9.17) is 0 Å². The van der Waals surface area contributed by atoms with Crippen LogP contribution < -0.4 is 0 Å². The number of hydrogen-bond donors (Lipinski definition) is 0. The zero-order chi connectivity index (χ0) is 15.2. The molecule has 0 saturated heterocycles. The second kappa shape index (κ2) is 13.2. The van der Waals surface area contributed by atoms with Crippen LogP contribution in [-0.4, -0.2) is 5.75 Å². The lowest BCUT2D eigenvalue weighted by atomic mass is 10.1. The van der Waals surface area contributed by atoms with E-state index in [9.17, 15) is 0 Å². The average molecular weight is 307 g/mol. The molecule has 1 aromatic rings. The quantitative estimate of drug-likeness (QED) is 0.342. The first-order valence-corrected chi connectivity index (χ1v) is 10.1. The summed E-state index contributed by atoms with van der Waals surface area (Å²) in [5.41, 5.74) is 1.47. The first kappa shape index (κ1) is 18.6. The fourth-order valence-electron chi connectivity index (χ4n) is 2.67. The van der Waals surface area contributed by atoms with Gasteiger partial charge in [0.25, 0.3) is 0 Å². The molecule has 1 aromatic carbocycles. The van der Waals surface area contributed by atoms with E-state index in [1.54, 1.807) is 0 Å². The van der Waals surface area contributed by atoms with Crippen LogP contribution in [0.3, 0.4) is 0 Å². The maximum atomic E-state index is 2.33. The van der Waals surface area contributed by atoms with Crippen molar-refractivity contribution >= 4 is 11.8 Å². The second-order valence-corrected chi connectivity index (χ2v) is 7.55. The number of thioether (sulfide) groups is 1. The van der Waals surface area contributed by atoms with E-state index < -0.39 is 0 Å². The van der Waals surface area contributed by atoms with Gasteiger partial charge in [0.05, 0.1) is 0 Å². The molecule has 0 amide bonds. The molecule has 1 unspecified atom stereocenters. The predicted octanol–water partition coefficient (Wildman–Crippen LogP) is 7.40. The third-order valence-electron chi connectivity index (χ3n) is 4.13. The molecule has 1 atom stereocenters. The summed E-state index contributed by atoms with van der Waals surface area (Å²) >= 11 is 2.11. The molecule has 0 aromatic heterocycles. The van der Waals surface area contributed by atoms with Crippen LogP contribution in [0.25, 0.3) is 0 Å². The summed E-state index contributed by atoms with van der Waals surface area (Å²) < 4.78 is 0. The highest BCUT2D eigenvalue weighted by Gasteiger charge is 2.04. The summed E-state index contributed by atoms with van der Waals surface area (Å²) in [6, 6.07) is 10.9. The van der Waals surface area contributed by atoms with Gasteiger partial charge in [-0.25, -0.2) is 0 Å². The number of unbranched alkanes of at least 4 members (excludes halogenated alkanes) is 9. The molecule has 0 heterocycles. The van der Waals surface area contributed by atoms with Crippen LogP contribution in [0, 0.1) is 0 Å². The Labute approximate surface area is 137 Å². The molecular weight excluding hydrogens is 272 g/mol. The van der Waals surface area contributed by atoms with Crippen molar-refractivity contribution in [2.45, 2.75) is 83.3 Å². The van der Waals surface area contributed by atoms with E-state index in [0.29, 0.717) is 5.25 Å². The third-order valence-corrected chi connectivity index (χ3v) is 5.43. The zero-order valence-corrected chi connectivity index (χ0v) is 15.0. The minimum Gasteiger partial charge on any atom is -0.154 e. The van der Waals surface area contributed by atoms with Gasteiger partial charge < -0.3 is 0 Å². The van der Waals surface area contributed by atoms with Gasteiger partial charge in [0.1, 0.15) is 0 Å². The minimum absolute atomic E-state index is 0.643. The summed E-state index contributed by atoms with van der Waals surface area (Å²) in [6.45, 7) is 4.62. The molecule has 1 rings (SSSR count). The zero-order valence-electron chi connectivity index (χ0n) is 14.2. The van der Waals surface area contributed by atoms with Gasteiger partial charge in [0, 0.05) is 5.25 Å². The Balaban J connectivity index is 1.86. The molecule has 0 saturated carbocycles. The summed E-state index contributed by atoms with van der Waals surface area (Å²) in [7, 11) is 0. The molecule has 0 N–H and O–H groups in total. The van der Waals surface area contributed by atoms with Crippen LogP contribution in [0.15, 0.2) is 30.3 Å². The van der Waals surface area contributed by atoms with E-state index in [1.807, 2.05) is 0 Å². The molecule has 0 fully saturated rings. The maximum Gasteiger partial charge on any atom is 0.0269 e. The average Bonchev–Trinajstić information content (AvgIpc) is 2.53. The fraction of sp³-hybridized carbons (Fsp3) is 0.700. The van der Waals surface area contributed by atoms with Crippen LogP contribution in [0.2, 0.25) is 0 Å². The van der Waals surface area contributed by atoms with Crippen molar-refractivity contribution in [3.05, 3.63) is 35.9 Å². The van der Waals surface area contributed by atoms with E-state index in [2.05, 4.69) is 55.9 Å². The molecule has 0 spiro atoms. The third kappa shape index (κ3) is 10.0. The summed E-state index contributed by atoms with van der Waals surface area (Å²) in [5, 5.41) is 0.643. The lowest BCUT2D eigenvalue weighted by Gasteiger charge is -2.11. The first-order chi connectivity index (χ1) is 10.3. The van der Waals surface area contributed by atoms with Crippen molar-refractivity contribution in [3.63, 3.8) is 0 Å². The Bertz CT molecular complexity index is 320. The van der Waals surface area contributed by atoms with E-state index >= 15 is 0 Å². The Morgan fingerprint density at radius 3 is 1.86 bits per heavy atom. The minimum atomic E-state index is 0.643. The molecular formula is C20H34S. The molecule has 0 nitrogen and oxygen atoms in total. The van der Waals surface area contributed by atoms with Gasteiger partial charge in [-0.3, -0.25) is 0 Å². The van der Waals surface area contributed by atoms with Crippen molar-refractivity contribution < 1.29 is 0 Å². The van der Waals surface area contributed by atoms with Crippen LogP contribution in [0.1, 0.15) is 88.9 Å². The number of hydrogen-bond acceptors (Lipinski definition) is 1. The predicted molar refractivity (Wildman–Crippen MR) is 99.2 cm³/mol. The standard InChI is InChI=1S/C20H34S/c1-3-4-5-6-7-8-9-10-11-15-18-21-19(2)20-16-13-12-14-17-20/h12-14,16-17,19H,3-11,15,18H2,1-2H3. The summed E-state index contributed by atoms with van der Waals surface area (Å²) in [4.78, 5) is 0. The highest BCUT2D eigenvalue weighted by Crippen LogP contribution is 2.28. The van der Waals surface area contributed by atoms with Crippen molar-refractivity contribution in [2.75, 3.05) is 5.75 Å². The SMILES string of the molecule is CCCCCCCCCCCCSC(C)c1ccccc1. The Morgan fingerprint density at radius 2 is 1.29 bits per heavy atom. The monoisotopic (exact) mass is 306 g/mol. The van der Waals surface area contributed by atoms with Crippen molar-refractivity contribution in [3.8, 4) is 0 Å². The van der Waals surface area contributed by atoms with Gasteiger partial charge >= 0.3 is 0 Å². The smallest absolute Gasteiger partial charge is 0.0269 e. The second-order valence-electron chi connectivity index (χ2n) is 6.11. The lowest BCUT2D eigenvalue weighted by molar-refractivity contribution is 0.563. The molecule has 1 heteroatoms. The van der Waals surface area contributed by atoms with Gasteiger partial charge in [-0.15, -0.1) is 0 Å². The Hall–Kier alpha value is -0.430. The van der Waals surface area contributed by atoms with Crippen molar-refractivity contribution in [1.29, 1.82) is 0 Å². The topological polar surface area (TPSA) is 0 Å². The molecule has 0 bridgehead atoms. The molecule has 0 aliphatic carbocycles. The van der Waals surface area contributed by atoms with Crippen molar-refractivity contribution in [1.82, 2.24) is 0 Å². The van der Waals surface area contributed by atoms with Crippen LogP contribution in [-0.2, 0) is 0 Å². The highest BCUT2D eigenvalue weighted by molar-refractivity contribution is 7.99. The molecule has 0 aliphatic rings. The lowest BCUT2D eigenvalue weighted by Crippen LogP contribution is -1.90. The molecule has 0 aliphatic heterocycles. The highest BCUT2D eigenvalue weighted by atomic mass is 32.2. The maximum absolute atomic E-state index is 2.33. The van der Waals surface area contributed by atoms with Gasteiger partial charge in [0.2, 0.25) is 0 Å². The summed E-state index contributed by atoms with van der Waals surface area (Å²) in [6.07, 6.45) is 14.3. The van der Waals surface area contributed by atoms with Gasteiger partial charge in [-0.1, -0.05) is 95.0 Å². The van der Waals surface area contributed by atoms with Crippen molar-refractivity contribution in [2.24, 2.45) is 0 Å². The normalized spacial score (nSPS) is 12.5. The molecule has 21 heavy (non-hydrogen) atoms. The first-order valence-electron chi connectivity index (χ1n) is 9.01. The van der Waals surface area contributed by atoms with E-state index in [0.717, 1.165) is 0 Å². The number of benzene rings is 1. The largest absolute Gasteiger partial charge is 0.154 e. The van der Waals surface area contributed by atoms with E-state index in [-0.39, 0.29) is 0 Å². The summed E-state index contributed by atoms with van der Waals surface area (Å²) in [5.74, 6) is 1.31. The Morgan fingerprint density at radius 1 is 0.762 bits per heavy atom. The van der Waals surface area contributed by atoms with Crippen LogP contribution in [0.5, 0.6) is 0 Å². The van der Waals surface area contributed by atoms with Gasteiger partial charge in [-0.2, -0.15) is 11.8 Å². The van der Waals surface area contributed by atoms with E-state index in [1.165, 1.54) is 75.5 Å². The Kier molecular flexibility index (Phi) is 11.7.